The molecule has 0 aromatic rings. The maximum Gasteiger partial charge on any atom is 0.224 e. The third kappa shape index (κ3) is 4.85. The maximum atomic E-state index is 11.4. The number of hydrogen-bond donors (Lipinski definition) is 3. The second-order valence-electron chi connectivity index (χ2n) is 3.45. The molecular formula is C9H20N2O2. The van der Waals surface area contributed by atoms with Gasteiger partial charge in [0.25, 0.3) is 0 Å². The minimum Gasteiger partial charge on any atom is -0.396 e. The highest BCUT2D eigenvalue weighted by atomic mass is 16.3. The molecule has 0 aliphatic carbocycles. The van der Waals surface area contributed by atoms with E-state index in [0.717, 1.165) is 0 Å². The minimum absolute atomic E-state index is 0.00838. The zero-order chi connectivity index (χ0) is 10.3. The predicted octanol–water partition coefficient (Wildman–Crippen LogP) is -0.284. The monoisotopic (exact) mass is 188 g/mol. The highest BCUT2D eigenvalue weighted by Crippen LogP contribution is 2.08. The van der Waals surface area contributed by atoms with Crippen LogP contribution in [-0.2, 0) is 4.79 Å². The fourth-order valence-electron chi connectivity index (χ4n) is 1.10. The number of hydrogen-bond acceptors (Lipinski definition) is 3. The summed E-state index contributed by atoms with van der Waals surface area (Å²) in [6.07, 6.45) is 0.598. The molecule has 78 valence electrons. The van der Waals surface area contributed by atoms with Gasteiger partial charge in [0, 0.05) is 19.7 Å². The second kappa shape index (κ2) is 6.86. The van der Waals surface area contributed by atoms with Crippen LogP contribution in [0.2, 0.25) is 0 Å². The van der Waals surface area contributed by atoms with Crippen LogP contribution in [0.5, 0.6) is 0 Å². The van der Waals surface area contributed by atoms with Gasteiger partial charge >= 0.3 is 0 Å². The van der Waals surface area contributed by atoms with E-state index in [1.807, 2.05) is 13.8 Å². The van der Waals surface area contributed by atoms with Crippen LogP contribution in [0, 0.1) is 11.8 Å². The van der Waals surface area contributed by atoms with E-state index in [0.29, 0.717) is 19.5 Å². The zero-order valence-electron chi connectivity index (χ0n) is 8.42. The quantitative estimate of drug-likeness (QED) is 0.502. The van der Waals surface area contributed by atoms with Crippen molar-refractivity contribution >= 4 is 5.91 Å². The molecule has 0 aliphatic heterocycles. The Morgan fingerprint density at radius 1 is 1.54 bits per heavy atom. The standard InChI is InChI=1S/C9H20N2O2/c1-7(2)8(6-10)9(13)11-4-3-5-12/h7-8,12H,3-6,10H2,1-2H3,(H,11,13). The topological polar surface area (TPSA) is 75.4 Å². The molecule has 0 spiro atoms. The summed E-state index contributed by atoms with van der Waals surface area (Å²) in [5.74, 6) is 0.142. The molecule has 13 heavy (non-hydrogen) atoms. The molecule has 0 aromatic carbocycles. The average Bonchev–Trinajstić information content (AvgIpc) is 2.05. The minimum atomic E-state index is -0.112. The van der Waals surface area contributed by atoms with Gasteiger partial charge in [0.2, 0.25) is 5.91 Å². The van der Waals surface area contributed by atoms with Crippen LogP contribution in [0.3, 0.4) is 0 Å². The Labute approximate surface area is 79.5 Å². The highest BCUT2D eigenvalue weighted by molar-refractivity contribution is 5.79. The van der Waals surface area contributed by atoms with Crippen molar-refractivity contribution in [2.24, 2.45) is 17.6 Å². The van der Waals surface area contributed by atoms with Crippen LogP contribution < -0.4 is 11.1 Å². The molecule has 0 heterocycles. The molecular weight excluding hydrogens is 168 g/mol. The number of aliphatic hydroxyl groups excluding tert-OH is 1. The van der Waals surface area contributed by atoms with E-state index in [1.165, 1.54) is 0 Å². The molecule has 1 unspecified atom stereocenters. The number of aliphatic hydroxyl groups is 1. The number of carbonyl (C=O) groups excluding carboxylic acids is 1. The fraction of sp³-hybridized carbons (Fsp3) is 0.889. The smallest absolute Gasteiger partial charge is 0.224 e. The van der Waals surface area contributed by atoms with Crippen molar-refractivity contribution in [3.63, 3.8) is 0 Å². The molecule has 0 aromatic heterocycles. The molecule has 0 saturated heterocycles. The van der Waals surface area contributed by atoms with E-state index < -0.39 is 0 Å². The summed E-state index contributed by atoms with van der Waals surface area (Å²) in [5, 5.41) is 11.2. The highest BCUT2D eigenvalue weighted by Gasteiger charge is 2.19. The molecule has 1 atom stereocenters. The van der Waals surface area contributed by atoms with Gasteiger partial charge < -0.3 is 16.2 Å². The van der Waals surface area contributed by atoms with E-state index >= 15 is 0 Å². The van der Waals surface area contributed by atoms with Crippen molar-refractivity contribution in [2.75, 3.05) is 19.7 Å². The summed E-state index contributed by atoms with van der Waals surface area (Å²) in [6, 6.07) is 0. The van der Waals surface area contributed by atoms with E-state index in [9.17, 15) is 4.79 Å². The van der Waals surface area contributed by atoms with Gasteiger partial charge in [0.1, 0.15) is 0 Å². The van der Waals surface area contributed by atoms with E-state index in [1.54, 1.807) is 0 Å². The van der Waals surface area contributed by atoms with Gasteiger partial charge in [-0.3, -0.25) is 4.79 Å². The third-order valence-corrected chi connectivity index (χ3v) is 2.03. The second-order valence-corrected chi connectivity index (χ2v) is 3.45. The van der Waals surface area contributed by atoms with Gasteiger partial charge in [-0.1, -0.05) is 13.8 Å². The van der Waals surface area contributed by atoms with Crippen LogP contribution in [0.15, 0.2) is 0 Å². The Hall–Kier alpha value is -0.610. The molecule has 0 aliphatic rings. The first-order chi connectivity index (χ1) is 6.13. The van der Waals surface area contributed by atoms with Gasteiger partial charge in [0.15, 0.2) is 0 Å². The summed E-state index contributed by atoms with van der Waals surface area (Å²) in [4.78, 5) is 11.4. The van der Waals surface area contributed by atoms with Crippen LogP contribution >= 0.6 is 0 Å². The summed E-state index contributed by atoms with van der Waals surface area (Å²) >= 11 is 0. The van der Waals surface area contributed by atoms with Gasteiger partial charge in [-0.25, -0.2) is 0 Å². The molecule has 1 amide bonds. The van der Waals surface area contributed by atoms with Crippen molar-refractivity contribution in [1.29, 1.82) is 0 Å². The zero-order valence-corrected chi connectivity index (χ0v) is 8.42. The first-order valence-corrected chi connectivity index (χ1v) is 4.72. The van der Waals surface area contributed by atoms with Crippen LogP contribution in [0.25, 0.3) is 0 Å². The fourth-order valence-corrected chi connectivity index (χ4v) is 1.10. The Kier molecular flexibility index (Phi) is 6.54. The van der Waals surface area contributed by atoms with Crippen LogP contribution in [0.1, 0.15) is 20.3 Å². The van der Waals surface area contributed by atoms with Gasteiger partial charge in [0.05, 0.1) is 5.92 Å². The van der Waals surface area contributed by atoms with Crippen LogP contribution in [-0.4, -0.2) is 30.7 Å². The predicted molar refractivity (Wildman–Crippen MR) is 52.1 cm³/mol. The van der Waals surface area contributed by atoms with Gasteiger partial charge in [-0.15, -0.1) is 0 Å². The molecule has 0 bridgehead atoms. The molecule has 0 radical (unpaired) electrons. The summed E-state index contributed by atoms with van der Waals surface area (Å²) in [7, 11) is 0. The first-order valence-electron chi connectivity index (χ1n) is 4.72. The number of amides is 1. The van der Waals surface area contributed by atoms with E-state index in [4.69, 9.17) is 10.8 Å². The van der Waals surface area contributed by atoms with E-state index in [2.05, 4.69) is 5.32 Å². The lowest BCUT2D eigenvalue weighted by molar-refractivity contribution is -0.125. The molecule has 0 saturated carbocycles. The summed E-state index contributed by atoms with van der Waals surface area (Å²) in [6.45, 7) is 4.96. The maximum absolute atomic E-state index is 11.4. The Bertz CT molecular complexity index is 149. The Morgan fingerprint density at radius 2 is 2.15 bits per heavy atom. The Balaban J connectivity index is 3.78. The SMILES string of the molecule is CC(C)C(CN)C(=O)NCCCO. The molecule has 0 rings (SSSR count). The van der Waals surface area contributed by atoms with Crippen molar-refractivity contribution in [1.82, 2.24) is 5.32 Å². The molecule has 4 N–H and O–H groups in total. The molecule has 4 heteroatoms. The number of carbonyl (C=O) groups is 1. The Morgan fingerprint density at radius 3 is 2.54 bits per heavy atom. The lowest BCUT2D eigenvalue weighted by Gasteiger charge is -2.17. The first kappa shape index (κ1) is 12.4. The third-order valence-electron chi connectivity index (χ3n) is 2.03. The largest absolute Gasteiger partial charge is 0.396 e. The van der Waals surface area contributed by atoms with Crippen LogP contribution in [0.4, 0.5) is 0 Å². The molecule has 0 fully saturated rings. The lowest BCUT2D eigenvalue weighted by atomic mass is 9.95. The van der Waals surface area contributed by atoms with Crippen molar-refractivity contribution in [3.8, 4) is 0 Å². The van der Waals surface area contributed by atoms with Gasteiger partial charge in [-0.05, 0) is 12.3 Å². The van der Waals surface area contributed by atoms with Gasteiger partial charge in [-0.2, -0.15) is 0 Å². The summed E-state index contributed by atoms with van der Waals surface area (Å²) in [5.41, 5.74) is 5.47. The van der Waals surface area contributed by atoms with Crippen molar-refractivity contribution in [3.05, 3.63) is 0 Å². The summed E-state index contributed by atoms with van der Waals surface area (Å²) < 4.78 is 0. The average molecular weight is 188 g/mol. The van der Waals surface area contributed by atoms with Crippen molar-refractivity contribution in [2.45, 2.75) is 20.3 Å². The normalized spacial score (nSPS) is 13.0. The molecule has 4 nitrogen and oxygen atoms in total. The van der Waals surface area contributed by atoms with Crippen molar-refractivity contribution < 1.29 is 9.90 Å². The number of nitrogens with two attached hydrogens (primary N) is 1. The lowest BCUT2D eigenvalue weighted by Crippen LogP contribution is -2.38. The number of rotatable bonds is 6. The number of nitrogens with one attached hydrogen (secondary N) is 1. The van der Waals surface area contributed by atoms with E-state index in [-0.39, 0.29) is 24.3 Å².